The minimum atomic E-state index is -1.16. The van der Waals surface area contributed by atoms with Gasteiger partial charge in [-0.2, -0.15) is 0 Å². The lowest BCUT2D eigenvalue weighted by atomic mass is 10.1. The van der Waals surface area contributed by atoms with E-state index in [1.165, 1.54) is 23.5 Å². The molecule has 0 radical (unpaired) electrons. The Bertz CT molecular complexity index is 496. The van der Waals surface area contributed by atoms with Crippen LogP contribution in [0.2, 0.25) is 0 Å². The fourth-order valence-corrected chi connectivity index (χ4v) is 1.81. The first kappa shape index (κ1) is 9.79. The van der Waals surface area contributed by atoms with Crippen molar-refractivity contribution in [3.05, 3.63) is 40.5 Å². The number of carbonyl (C=O) groups is 1. The van der Waals surface area contributed by atoms with Gasteiger partial charge >= 0.3 is 5.97 Å². The number of aromatic nitrogens is 1. The van der Waals surface area contributed by atoms with Crippen molar-refractivity contribution in [1.82, 2.24) is 4.98 Å². The molecule has 1 heterocycles. The van der Waals surface area contributed by atoms with Gasteiger partial charge in [-0.25, -0.2) is 14.2 Å². The summed E-state index contributed by atoms with van der Waals surface area (Å²) in [4.78, 5) is 14.9. The van der Waals surface area contributed by atoms with Crippen LogP contribution in [0.3, 0.4) is 0 Å². The second kappa shape index (κ2) is 3.78. The molecular weight excluding hydrogens is 217 g/mol. The fraction of sp³-hybridized carbons (Fsp3) is 0. The molecule has 1 N–H and O–H groups in total. The molecule has 0 aliphatic rings. The van der Waals surface area contributed by atoms with E-state index >= 15 is 0 Å². The van der Waals surface area contributed by atoms with E-state index < -0.39 is 11.8 Å². The number of aromatic carboxylic acids is 1. The lowest BCUT2D eigenvalue weighted by Crippen LogP contribution is -2.00. The Morgan fingerprint density at radius 1 is 1.47 bits per heavy atom. The van der Waals surface area contributed by atoms with E-state index in [4.69, 9.17) is 5.11 Å². The molecule has 76 valence electrons. The maximum atomic E-state index is 12.9. The van der Waals surface area contributed by atoms with Crippen LogP contribution >= 0.6 is 11.3 Å². The smallest absolute Gasteiger partial charge is 0.336 e. The predicted octanol–water partition coefficient (Wildman–Crippen LogP) is 2.65. The molecule has 0 aliphatic heterocycles. The molecule has 0 bridgehead atoms. The van der Waals surface area contributed by atoms with Crippen molar-refractivity contribution in [2.24, 2.45) is 0 Å². The van der Waals surface area contributed by atoms with Crippen LogP contribution in [0, 0.1) is 5.82 Å². The molecule has 5 heteroatoms. The first-order valence-corrected chi connectivity index (χ1v) is 5.04. The molecule has 0 fully saturated rings. The van der Waals surface area contributed by atoms with Crippen LogP contribution in [0.5, 0.6) is 0 Å². The standard InChI is InChI=1S/C10H6FNO2S/c11-6-1-2-7(8(3-6)10(13)14)9-4-15-5-12-9/h1-5H,(H,13,14). The molecule has 15 heavy (non-hydrogen) atoms. The number of carboxylic acids is 1. The molecule has 0 amide bonds. The van der Waals surface area contributed by atoms with Gasteiger partial charge in [0.05, 0.1) is 16.8 Å². The average molecular weight is 223 g/mol. The highest BCUT2D eigenvalue weighted by Crippen LogP contribution is 2.24. The Kier molecular flexibility index (Phi) is 2.47. The van der Waals surface area contributed by atoms with Crippen molar-refractivity contribution in [2.45, 2.75) is 0 Å². The molecule has 3 nitrogen and oxygen atoms in total. The van der Waals surface area contributed by atoms with Gasteiger partial charge in [-0.05, 0) is 18.2 Å². The number of benzene rings is 1. The first-order valence-electron chi connectivity index (χ1n) is 4.10. The van der Waals surface area contributed by atoms with E-state index in [-0.39, 0.29) is 5.56 Å². The van der Waals surface area contributed by atoms with Gasteiger partial charge in [0.25, 0.3) is 0 Å². The molecule has 0 atom stereocenters. The highest BCUT2D eigenvalue weighted by Gasteiger charge is 2.13. The van der Waals surface area contributed by atoms with Crippen molar-refractivity contribution in [3.63, 3.8) is 0 Å². The van der Waals surface area contributed by atoms with Crippen LogP contribution in [0.1, 0.15) is 10.4 Å². The third kappa shape index (κ3) is 1.87. The maximum Gasteiger partial charge on any atom is 0.336 e. The first-order chi connectivity index (χ1) is 7.18. The minimum Gasteiger partial charge on any atom is -0.478 e. The summed E-state index contributed by atoms with van der Waals surface area (Å²) in [6, 6.07) is 3.64. The average Bonchev–Trinajstić information content (AvgIpc) is 2.70. The van der Waals surface area contributed by atoms with Crippen molar-refractivity contribution in [1.29, 1.82) is 0 Å². The molecule has 0 saturated heterocycles. The van der Waals surface area contributed by atoms with Gasteiger partial charge in [0.1, 0.15) is 5.82 Å². The number of nitrogens with zero attached hydrogens (tertiary/aromatic N) is 1. The van der Waals surface area contributed by atoms with E-state index in [0.29, 0.717) is 11.3 Å². The molecule has 0 saturated carbocycles. The van der Waals surface area contributed by atoms with Gasteiger partial charge in [-0.15, -0.1) is 11.3 Å². The number of halogens is 1. The third-order valence-electron chi connectivity index (χ3n) is 1.92. The van der Waals surface area contributed by atoms with Crippen LogP contribution in [-0.4, -0.2) is 16.1 Å². The number of rotatable bonds is 2. The number of hydrogen-bond acceptors (Lipinski definition) is 3. The number of thiazole rings is 1. The van der Waals surface area contributed by atoms with E-state index in [2.05, 4.69) is 4.98 Å². The highest BCUT2D eigenvalue weighted by molar-refractivity contribution is 7.07. The minimum absolute atomic E-state index is 0.0686. The Balaban J connectivity index is 2.61. The SMILES string of the molecule is O=C(O)c1cc(F)ccc1-c1cscn1. The lowest BCUT2D eigenvalue weighted by molar-refractivity contribution is 0.0697. The van der Waals surface area contributed by atoms with Gasteiger partial charge in [0.2, 0.25) is 0 Å². The highest BCUT2D eigenvalue weighted by atomic mass is 32.1. The molecule has 0 spiro atoms. The van der Waals surface area contributed by atoms with Gasteiger partial charge in [-0.3, -0.25) is 0 Å². The summed E-state index contributed by atoms with van der Waals surface area (Å²) in [6.45, 7) is 0. The molecule has 1 aromatic heterocycles. The fourth-order valence-electron chi connectivity index (χ4n) is 1.26. The molecular formula is C10H6FNO2S. The summed E-state index contributed by atoms with van der Waals surface area (Å²) in [5, 5.41) is 10.6. The molecule has 2 aromatic rings. The summed E-state index contributed by atoms with van der Waals surface area (Å²) >= 11 is 1.36. The Labute approximate surface area is 88.8 Å². The quantitative estimate of drug-likeness (QED) is 0.851. The monoisotopic (exact) mass is 223 g/mol. The van der Waals surface area contributed by atoms with Gasteiger partial charge in [-0.1, -0.05) is 0 Å². The van der Waals surface area contributed by atoms with Crippen molar-refractivity contribution < 1.29 is 14.3 Å². The molecule has 0 unspecified atom stereocenters. The second-order valence-corrected chi connectivity index (χ2v) is 3.59. The van der Waals surface area contributed by atoms with Crippen LogP contribution in [0.25, 0.3) is 11.3 Å². The van der Waals surface area contributed by atoms with Gasteiger partial charge in [0, 0.05) is 10.9 Å². The lowest BCUT2D eigenvalue weighted by Gasteiger charge is -2.02. The molecule has 2 rings (SSSR count). The third-order valence-corrected chi connectivity index (χ3v) is 2.51. The summed E-state index contributed by atoms with van der Waals surface area (Å²) < 4.78 is 12.9. The second-order valence-electron chi connectivity index (χ2n) is 2.87. The number of carboxylic acid groups (broad SMARTS) is 1. The van der Waals surface area contributed by atoms with Crippen molar-refractivity contribution >= 4 is 17.3 Å². The topological polar surface area (TPSA) is 50.2 Å². The Morgan fingerprint density at radius 3 is 2.87 bits per heavy atom. The summed E-state index contributed by atoms with van der Waals surface area (Å²) in [5.74, 6) is -1.72. The van der Waals surface area contributed by atoms with Crippen molar-refractivity contribution in [3.8, 4) is 11.3 Å². The molecule has 1 aromatic carbocycles. The van der Waals surface area contributed by atoms with Gasteiger partial charge < -0.3 is 5.11 Å². The predicted molar refractivity (Wildman–Crippen MR) is 54.5 cm³/mol. The van der Waals surface area contributed by atoms with Crippen molar-refractivity contribution in [2.75, 3.05) is 0 Å². The van der Waals surface area contributed by atoms with E-state index in [1.807, 2.05) is 0 Å². The zero-order valence-electron chi connectivity index (χ0n) is 7.48. The van der Waals surface area contributed by atoms with Crippen LogP contribution in [0.4, 0.5) is 4.39 Å². The summed E-state index contributed by atoms with van der Waals surface area (Å²) in [5.41, 5.74) is 2.52. The zero-order chi connectivity index (χ0) is 10.8. The van der Waals surface area contributed by atoms with E-state index in [1.54, 1.807) is 10.9 Å². The summed E-state index contributed by atoms with van der Waals surface area (Å²) in [7, 11) is 0. The van der Waals surface area contributed by atoms with E-state index in [0.717, 1.165) is 6.07 Å². The number of hydrogen-bond donors (Lipinski definition) is 1. The van der Waals surface area contributed by atoms with Gasteiger partial charge in [0.15, 0.2) is 0 Å². The normalized spacial score (nSPS) is 10.2. The summed E-state index contributed by atoms with van der Waals surface area (Å²) in [6.07, 6.45) is 0. The van der Waals surface area contributed by atoms with Crippen LogP contribution < -0.4 is 0 Å². The zero-order valence-corrected chi connectivity index (χ0v) is 8.29. The Morgan fingerprint density at radius 2 is 2.27 bits per heavy atom. The maximum absolute atomic E-state index is 12.9. The molecule has 0 aliphatic carbocycles. The van der Waals surface area contributed by atoms with Crippen LogP contribution in [0.15, 0.2) is 29.1 Å². The Hall–Kier alpha value is -1.75. The largest absolute Gasteiger partial charge is 0.478 e. The van der Waals surface area contributed by atoms with Crippen LogP contribution in [-0.2, 0) is 0 Å². The van der Waals surface area contributed by atoms with E-state index in [9.17, 15) is 9.18 Å².